The van der Waals surface area contributed by atoms with Crippen LogP contribution in [-0.2, 0) is 15.9 Å². The normalized spacial score (nSPS) is 19.3. The molecule has 128 valence electrons. The SMILES string of the molecule is CC(c1ccc(C(F)(F)F)nc1)S(C)(=O)=NC(=S)N1CCCC1. The summed E-state index contributed by atoms with van der Waals surface area (Å²) in [6.45, 7) is 3.25. The Labute approximate surface area is 139 Å². The largest absolute Gasteiger partial charge is 0.433 e. The van der Waals surface area contributed by atoms with Crippen LogP contribution < -0.4 is 0 Å². The monoisotopic (exact) mass is 365 g/mol. The summed E-state index contributed by atoms with van der Waals surface area (Å²) in [6, 6.07) is 2.18. The van der Waals surface area contributed by atoms with Crippen LogP contribution in [0.1, 0.15) is 36.3 Å². The Bertz CT molecular complexity index is 688. The van der Waals surface area contributed by atoms with Crippen LogP contribution in [0, 0.1) is 0 Å². The van der Waals surface area contributed by atoms with Gasteiger partial charge in [-0.25, -0.2) is 4.21 Å². The molecule has 1 aliphatic heterocycles. The summed E-state index contributed by atoms with van der Waals surface area (Å²) in [5.74, 6) is 0. The van der Waals surface area contributed by atoms with E-state index in [9.17, 15) is 17.4 Å². The molecule has 1 aliphatic rings. The van der Waals surface area contributed by atoms with Crippen molar-refractivity contribution in [3.8, 4) is 0 Å². The van der Waals surface area contributed by atoms with Crippen molar-refractivity contribution in [1.29, 1.82) is 0 Å². The van der Waals surface area contributed by atoms with Gasteiger partial charge in [-0.15, -0.1) is 0 Å². The maximum Gasteiger partial charge on any atom is 0.433 e. The quantitative estimate of drug-likeness (QED) is 0.751. The highest BCUT2D eigenvalue weighted by Crippen LogP contribution is 2.29. The first-order valence-corrected chi connectivity index (χ1v) is 9.54. The van der Waals surface area contributed by atoms with E-state index in [1.165, 1.54) is 12.3 Å². The molecule has 2 unspecified atom stereocenters. The van der Waals surface area contributed by atoms with E-state index in [1.54, 1.807) is 6.92 Å². The fourth-order valence-electron chi connectivity index (χ4n) is 2.27. The van der Waals surface area contributed by atoms with Gasteiger partial charge in [0, 0.05) is 25.5 Å². The van der Waals surface area contributed by atoms with E-state index in [-0.39, 0.29) is 0 Å². The van der Waals surface area contributed by atoms with Gasteiger partial charge >= 0.3 is 6.18 Å². The number of alkyl halides is 3. The molecule has 1 aromatic heterocycles. The van der Waals surface area contributed by atoms with Crippen molar-refractivity contribution in [3.63, 3.8) is 0 Å². The van der Waals surface area contributed by atoms with Crippen LogP contribution in [0.15, 0.2) is 22.7 Å². The summed E-state index contributed by atoms with van der Waals surface area (Å²) >= 11 is 5.22. The Morgan fingerprint density at radius 2 is 2.00 bits per heavy atom. The van der Waals surface area contributed by atoms with Crippen LogP contribution in [0.5, 0.6) is 0 Å². The van der Waals surface area contributed by atoms with Crippen molar-refractivity contribution < 1.29 is 17.4 Å². The molecule has 0 aromatic carbocycles. The highest BCUT2D eigenvalue weighted by atomic mass is 32.2. The van der Waals surface area contributed by atoms with Crippen molar-refractivity contribution in [1.82, 2.24) is 9.88 Å². The number of aromatic nitrogens is 1. The lowest BCUT2D eigenvalue weighted by atomic mass is 10.2. The number of hydrogen-bond acceptors (Lipinski definition) is 3. The zero-order chi connectivity index (χ0) is 17.3. The van der Waals surface area contributed by atoms with Crippen LogP contribution in [-0.4, -0.2) is 38.6 Å². The van der Waals surface area contributed by atoms with Crippen LogP contribution >= 0.6 is 12.2 Å². The first-order chi connectivity index (χ1) is 10.6. The van der Waals surface area contributed by atoms with E-state index < -0.39 is 26.8 Å². The molecule has 0 amide bonds. The van der Waals surface area contributed by atoms with Gasteiger partial charge in [0.1, 0.15) is 5.69 Å². The van der Waals surface area contributed by atoms with Crippen molar-refractivity contribution >= 4 is 27.1 Å². The second kappa shape index (κ2) is 6.72. The van der Waals surface area contributed by atoms with Crippen LogP contribution in [0.25, 0.3) is 0 Å². The van der Waals surface area contributed by atoms with E-state index in [0.717, 1.165) is 38.2 Å². The number of rotatable bonds is 2. The lowest BCUT2D eigenvalue weighted by Gasteiger charge is -2.19. The Morgan fingerprint density at radius 1 is 1.39 bits per heavy atom. The molecular formula is C14H18F3N3OS2. The Balaban J connectivity index is 2.22. The van der Waals surface area contributed by atoms with Gasteiger partial charge in [0.15, 0.2) is 0 Å². The second-order valence-electron chi connectivity index (χ2n) is 5.55. The van der Waals surface area contributed by atoms with Crippen molar-refractivity contribution in [3.05, 3.63) is 29.6 Å². The molecule has 2 atom stereocenters. The average Bonchev–Trinajstić information content (AvgIpc) is 2.99. The predicted octanol–water partition coefficient (Wildman–Crippen LogP) is 3.64. The zero-order valence-corrected chi connectivity index (χ0v) is 14.5. The highest BCUT2D eigenvalue weighted by molar-refractivity contribution is 7.94. The molecule has 0 radical (unpaired) electrons. The topological polar surface area (TPSA) is 45.6 Å². The fraction of sp³-hybridized carbons (Fsp3) is 0.571. The van der Waals surface area contributed by atoms with Gasteiger partial charge in [-0.2, -0.15) is 17.5 Å². The number of likely N-dealkylation sites (tertiary alicyclic amines) is 1. The van der Waals surface area contributed by atoms with E-state index in [2.05, 4.69) is 9.35 Å². The highest BCUT2D eigenvalue weighted by Gasteiger charge is 2.32. The molecule has 1 fully saturated rings. The summed E-state index contributed by atoms with van der Waals surface area (Å²) in [7, 11) is -2.73. The number of thiocarbonyl (C=S) groups is 1. The van der Waals surface area contributed by atoms with Gasteiger partial charge in [-0.3, -0.25) is 4.98 Å². The zero-order valence-electron chi connectivity index (χ0n) is 12.8. The summed E-state index contributed by atoms with van der Waals surface area (Å²) < 4.78 is 54.6. The van der Waals surface area contributed by atoms with E-state index in [4.69, 9.17) is 12.2 Å². The first kappa shape index (κ1) is 18.1. The molecule has 0 spiro atoms. The molecular weight excluding hydrogens is 347 g/mol. The van der Waals surface area contributed by atoms with Gasteiger partial charge in [-0.1, -0.05) is 6.07 Å². The van der Waals surface area contributed by atoms with Gasteiger partial charge in [-0.05, 0) is 43.6 Å². The van der Waals surface area contributed by atoms with Gasteiger partial charge in [0.05, 0.1) is 15.0 Å². The molecule has 0 bridgehead atoms. The number of pyridine rings is 1. The van der Waals surface area contributed by atoms with Crippen molar-refractivity contribution in [2.45, 2.75) is 31.2 Å². The molecule has 4 nitrogen and oxygen atoms in total. The van der Waals surface area contributed by atoms with Gasteiger partial charge < -0.3 is 4.90 Å². The maximum absolute atomic E-state index is 12.8. The average molecular weight is 365 g/mol. The third-order valence-corrected chi connectivity index (χ3v) is 6.42. The summed E-state index contributed by atoms with van der Waals surface area (Å²) in [6.07, 6.45) is 0.137. The van der Waals surface area contributed by atoms with E-state index in [1.807, 2.05) is 4.90 Å². The minimum Gasteiger partial charge on any atom is -0.347 e. The summed E-state index contributed by atoms with van der Waals surface area (Å²) in [4.78, 5) is 5.30. The number of nitrogens with zero attached hydrogens (tertiary/aromatic N) is 3. The summed E-state index contributed by atoms with van der Waals surface area (Å²) in [5, 5.41) is -0.264. The molecule has 2 heterocycles. The molecule has 9 heteroatoms. The molecule has 1 saturated heterocycles. The van der Waals surface area contributed by atoms with Crippen LogP contribution in [0.3, 0.4) is 0 Å². The first-order valence-electron chi connectivity index (χ1n) is 7.14. The number of halogens is 3. The minimum atomic E-state index is -4.49. The van der Waals surface area contributed by atoms with Gasteiger partial charge in [0.2, 0.25) is 5.11 Å². The van der Waals surface area contributed by atoms with Gasteiger partial charge in [0.25, 0.3) is 0 Å². The Kier molecular flexibility index (Phi) is 5.30. The lowest BCUT2D eigenvalue weighted by molar-refractivity contribution is -0.141. The molecule has 2 rings (SSSR count). The standard InChI is InChI=1S/C14H18F3N3OS2/c1-10(11-5-6-12(18-9-11)14(15,16)17)23(2,21)19-13(22)20-7-3-4-8-20/h5-6,9-10H,3-4,7-8H2,1-2H3. The third-order valence-electron chi connectivity index (χ3n) is 3.84. The van der Waals surface area contributed by atoms with Crippen LogP contribution in [0.2, 0.25) is 0 Å². The Hall–Kier alpha value is -1.22. The second-order valence-corrected chi connectivity index (χ2v) is 8.52. The maximum atomic E-state index is 12.8. The smallest absolute Gasteiger partial charge is 0.347 e. The molecule has 1 aromatic rings. The molecule has 0 N–H and O–H groups in total. The lowest BCUT2D eigenvalue weighted by Crippen LogP contribution is -2.26. The minimum absolute atomic E-state index is 0.307. The molecule has 23 heavy (non-hydrogen) atoms. The molecule has 0 aliphatic carbocycles. The molecule has 0 saturated carbocycles. The van der Waals surface area contributed by atoms with E-state index in [0.29, 0.717) is 10.7 Å². The van der Waals surface area contributed by atoms with Crippen molar-refractivity contribution in [2.75, 3.05) is 19.3 Å². The Morgan fingerprint density at radius 3 is 2.48 bits per heavy atom. The van der Waals surface area contributed by atoms with Crippen LogP contribution in [0.4, 0.5) is 13.2 Å². The van der Waals surface area contributed by atoms with Crippen molar-refractivity contribution in [2.24, 2.45) is 4.36 Å². The third kappa shape index (κ3) is 4.41. The number of hydrogen-bond donors (Lipinski definition) is 0. The fourth-order valence-corrected chi connectivity index (χ4v) is 4.12. The summed E-state index contributed by atoms with van der Waals surface area (Å²) in [5.41, 5.74) is -0.529. The van der Waals surface area contributed by atoms with E-state index >= 15 is 0 Å². The predicted molar refractivity (Wildman–Crippen MR) is 87.6 cm³/mol.